The third-order valence-electron chi connectivity index (χ3n) is 5.22. The Kier molecular flexibility index (Phi) is 6.50. The molecule has 1 amide bonds. The molecule has 0 bridgehead atoms. The predicted molar refractivity (Wildman–Crippen MR) is 124 cm³/mol. The van der Waals surface area contributed by atoms with Gasteiger partial charge in [0.2, 0.25) is 10.0 Å². The molecule has 10 heteroatoms. The fraction of sp³-hybridized carbons (Fsp3) is 0.304. The average Bonchev–Trinajstić information content (AvgIpc) is 3.11. The van der Waals surface area contributed by atoms with Crippen LogP contribution in [0.25, 0.3) is 10.2 Å². The maximum Gasteiger partial charge on any atom is 0.279 e. The Morgan fingerprint density at radius 2 is 1.88 bits per heavy atom. The maximum atomic E-state index is 14.3. The van der Waals surface area contributed by atoms with Gasteiger partial charge >= 0.3 is 0 Å². The van der Waals surface area contributed by atoms with Crippen molar-refractivity contribution in [3.63, 3.8) is 0 Å². The largest absolute Gasteiger partial charge is 0.373 e. The van der Waals surface area contributed by atoms with Crippen molar-refractivity contribution in [3.05, 3.63) is 58.6 Å². The summed E-state index contributed by atoms with van der Waals surface area (Å²) in [5.74, 6) is 1.43. The normalized spacial score (nSPS) is 20.1. The second-order valence-electron chi connectivity index (χ2n) is 7.78. The lowest BCUT2D eigenvalue weighted by atomic mass is 10.2. The van der Waals surface area contributed by atoms with Crippen LogP contribution in [0.5, 0.6) is 0 Å². The van der Waals surface area contributed by atoms with Crippen LogP contribution in [-0.2, 0) is 21.3 Å². The summed E-state index contributed by atoms with van der Waals surface area (Å²) in [5.41, 5.74) is 0.505. The lowest BCUT2D eigenvalue weighted by Crippen LogP contribution is -2.48. The lowest BCUT2D eigenvalue weighted by molar-refractivity contribution is -0.0440. The number of ether oxygens (including phenoxy) is 1. The zero-order chi connectivity index (χ0) is 23.8. The summed E-state index contributed by atoms with van der Waals surface area (Å²) in [5, 5.41) is 0. The highest BCUT2D eigenvalue weighted by atomic mass is 32.2. The number of aromatic nitrogens is 1. The summed E-state index contributed by atoms with van der Waals surface area (Å²) < 4.78 is 49.4. The molecule has 1 aromatic heterocycles. The van der Waals surface area contributed by atoms with E-state index < -0.39 is 21.7 Å². The molecular formula is C23H22FN3O4S2. The van der Waals surface area contributed by atoms with E-state index in [1.165, 1.54) is 39.2 Å². The number of carbonyl (C=O) groups excluding carboxylic acids is 1. The van der Waals surface area contributed by atoms with Crippen molar-refractivity contribution in [2.75, 3.05) is 13.1 Å². The van der Waals surface area contributed by atoms with Crippen molar-refractivity contribution in [1.82, 2.24) is 8.87 Å². The number of terminal acetylenes is 1. The van der Waals surface area contributed by atoms with Gasteiger partial charge in [-0.2, -0.15) is 9.30 Å². The van der Waals surface area contributed by atoms with Crippen LogP contribution in [0.1, 0.15) is 24.2 Å². The molecule has 0 aliphatic carbocycles. The molecule has 2 unspecified atom stereocenters. The first kappa shape index (κ1) is 23.3. The van der Waals surface area contributed by atoms with Crippen molar-refractivity contribution >= 4 is 37.5 Å². The van der Waals surface area contributed by atoms with Gasteiger partial charge in [-0.1, -0.05) is 23.3 Å². The first-order valence-corrected chi connectivity index (χ1v) is 12.5. The molecule has 2 atom stereocenters. The molecule has 1 aliphatic heterocycles. The quantitative estimate of drug-likeness (QED) is 0.530. The molecule has 2 aromatic carbocycles. The number of thiazole rings is 1. The monoisotopic (exact) mass is 487 g/mol. The van der Waals surface area contributed by atoms with Gasteiger partial charge in [-0.3, -0.25) is 4.79 Å². The Morgan fingerprint density at radius 1 is 1.21 bits per heavy atom. The van der Waals surface area contributed by atoms with Crippen molar-refractivity contribution in [3.8, 4) is 12.3 Å². The van der Waals surface area contributed by atoms with Gasteiger partial charge in [-0.15, -0.1) is 6.42 Å². The Bertz CT molecular complexity index is 1410. The smallest absolute Gasteiger partial charge is 0.279 e. The van der Waals surface area contributed by atoms with E-state index in [-0.39, 0.29) is 47.1 Å². The number of rotatable bonds is 4. The highest BCUT2D eigenvalue weighted by Gasteiger charge is 2.32. The number of fused-ring (bicyclic) bond motifs is 1. The van der Waals surface area contributed by atoms with Crippen molar-refractivity contribution in [2.24, 2.45) is 4.99 Å². The molecule has 0 saturated carbocycles. The number of amides is 1. The zero-order valence-electron chi connectivity index (χ0n) is 18.1. The van der Waals surface area contributed by atoms with Gasteiger partial charge in [0.1, 0.15) is 5.82 Å². The molecular weight excluding hydrogens is 465 g/mol. The number of para-hydroxylation sites is 1. The van der Waals surface area contributed by atoms with Gasteiger partial charge in [0.15, 0.2) is 4.80 Å². The van der Waals surface area contributed by atoms with Gasteiger partial charge in [-0.25, -0.2) is 12.8 Å². The minimum atomic E-state index is -3.72. The van der Waals surface area contributed by atoms with E-state index in [2.05, 4.69) is 10.9 Å². The molecule has 3 aromatic rings. The molecule has 4 rings (SSSR count). The third kappa shape index (κ3) is 4.63. The minimum absolute atomic E-state index is 0.0562. The molecule has 0 N–H and O–H groups in total. The summed E-state index contributed by atoms with van der Waals surface area (Å²) in [6, 6.07) is 10.3. The summed E-state index contributed by atoms with van der Waals surface area (Å²) in [6.45, 7) is 4.24. The van der Waals surface area contributed by atoms with E-state index in [4.69, 9.17) is 11.2 Å². The fourth-order valence-electron chi connectivity index (χ4n) is 3.81. The number of hydrogen-bond donors (Lipinski definition) is 0. The molecule has 1 aliphatic rings. The molecule has 1 saturated heterocycles. The number of sulfonamides is 1. The van der Waals surface area contributed by atoms with E-state index in [0.29, 0.717) is 10.2 Å². The standard InChI is InChI=1S/C23H22FN3O4S2/c1-4-12-27-21-19(24)6-5-7-20(21)32-23(27)25-22(28)17-8-10-18(11-9-17)33(29,30)26-13-15(2)31-16(3)14-26/h1,5-11,15-16H,12-14H2,2-3H3. The second kappa shape index (κ2) is 9.19. The van der Waals surface area contributed by atoms with Crippen LogP contribution in [0.4, 0.5) is 4.39 Å². The van der Waals surface area contributed by atoms with Crippen LogP contribution in [0.15, 0.2) is 52.4 Å². The Labute approximate surface area is 195 Å². The molecule has 2 heterocycles. The zero-order valence-corrected chi connectivity index (χ0v) is 19.7. The lowest BCUT2D eigenvalue weighted by Gasteiger charge is -2.34. The molecule has 1 fully saturated rings. The topological polar surface area (TPSA) is 81.0 Å². The van der Waals surface area contributed by atoms with E-state index in [9.17, 15) is 17.6 Å². The Balaban J connectivity index is 1.65. The Morgan fingerprint density at radius 3 is 2.52 bits per heavy atom. The highest BCUT2D eigenvalue weighted by Crippen LogP contribution is 2.22. The molecule has 33 heavy (non-hydrogen) atoms. The third-order valence-corrected chi connectivity index (χ3v) is 8.11. The van der Waals surface area contributed by atoms with Crippen molar-refractivity contribution in [1.29, 1.82) is 0 Å². The van der Waals surface area contributed by atoms with Gasteiger partial charge in [0.25, 0.3) is 5.91 Å². The number of morpholine rings is 1. The molecule has 0 spiro atoms. The number of hydrogen-bond acceptors (Lipinski definition) is 5. The number of nitrogens with zero attached hydrogens (tertiary/aromatic N) is 3. The van der Waals surface area contributed by atoms with Gasteiger partial charge < -0.3 is 9.30 Å². The first-order valence-electron chi connectivity index (χ1n) is 10.3. The maximum absolute atomic E-state index is 14.3. The SMILES string of the molecule is C#CCn1c(=NC(=O)c2ccc(S(=O)(=O)N3CC(C)OC(C)C3)cc2)sc2cccc(F)c21. The van der Waals surface area contributed by atoms with Crippen LogP contribution in [0, 0.1) is 18.2 Å². The van der Waals surface area contributed by atoms with Crippen molar-refractivity contribution < 1.29 is 22.3 Å². The van der Waals surface area contributed by atoms with Gasteiger partial charge in [0, 0.05) is 18.7 Å². The van der Waals surface area contributed by atoms with Crippen LogP contribution >= 0.6 is 11.3 Å². The molecule has 172 valence electrons. The van der Waals surface area contributed by atoms with E-state index in [1.807, 2.05) is 13.8 Å². The summed E-state index contributed by atoms with van der Waals surface area (Å²) >= 11 is 1.15. The first-order chi connectivity index (χ1) is 15.7. The summed E-state index contributed by atoms with van der Waals surface area (Å²) in [7, 11) is -3.72. The van der Waals surface area contributed by atoms with Crippen LogP contribution in [0.2, 0.25) is 0 Å². The Hall–Kier alpha value is -2.84. The number of benzene rings is 2. The van der Waals surface area contributed by atoms with Gasteiger partial charge in [0.05, 0.1) is 33.9 Å². The van der Waals surface area contributed by atoms with E-state index in [1.54, 1.807) is 12.1 Å². The van der Waals surface area contributed by atoms with Gasteiger partial charge in [-0.05, 0) is 50.2 Å². The van der Waals surface area contributed by atoms with E-state index in [0.717, 1.165) is 11.3 Å². The number of halogens is 1. The van der Waals surface area contributed by atoms with Crippen LogP contribution < -0.4 is 4.80 Å². The molecule has 7 nitrogen and oxygen atoms in total. The minimum Gasteiger partial charge on any atom is -0.373 e. The van der Waals surface area contributed by atoms with Crippen molar-refractivity contribution in [2.45, 2.75) is 37.5 Å². The highest BCUT2D eigenvalue weighted by molar-refractivity contribution is 7.89. The predicted octanol–water partition coefficient (Wildman–Crippen LogP) is 3.01. The molecule has 0 radical (unpaired) electrons. The fourth-order valence-corrected chi connectivity index (χ4v) is 6.44. The summed E-state index contributed by atoms with van der Waals surface area (Å²) in [6.07, 6.45) is 5.01. The number of carbonyl (C=O) groups is 1. The van der Waals surface area contributed by atoms with E-state index >= 15 is 0 Å². The second-order valence-corrected chi connectivity index (χ2v) is 10.7. The summed E-state index contributed by atoms with van der Waals surface area (Å²) in [4.78, 5) is 17.3. The van der Waals surface area contributed by atoms with Crippen LogP contribution in [-0.4, -0.2) is 48.5 Å². The average molecular weight is 488 g/mol. The van der Waals surface area contributed by atoms with Crippen LogP contribution in [0.3, 0.4) is 0 Å².